The van der Waals surface area contributed by atoms with Crippen molar-refractivity contribution < 1.29 is 19.4 Å². The smallest absolute Gasteiger partial charge is 0.224 e. The van der Waals surface area contributed by atoms with Gasteiger partial charge in [0.1, 0.15) is 0 Å². The summed E-state index contributed by atoms with van der Waals surface area (Å²) in [5.41, 5.74) is 2.42. The largest absolute Gasteiger partial charge is 0.493 e. The predicted molar refractivity (Wildman–Crippen MR) is 105 cm³/mol. The fraction of sp³-hybridized carbons (Fsp3) is 0.238. The van der Waals surface area contributed by atoms with Gasteiger partial charge in [-0.1, -0.05) is 18.2 Å². The first-order chi connectivity index (χ1) is 13.6. The van der Waals surface area contributed by atoms with E-state index in [1.807, 2.05) is 42.6 Å². The number of aliphatic hydroxyl groups is 1. The lowest BCUT2D eigenvalue weighted by Crippen LogP contribution is -2.29. The van der Waals surface area contributed by atoms with Crippen molar-refractivity contribution in [3.63, 3.8) is 0 Å². The van der Waals surface area contributed by atoms with E-state index in [2.05, 4.69) is 10.4 Å². The van der Waals surface area contributed by atoms with Gasteiger partial charge in [-0.25, -0.2) is 4.68 Å². The van der Waals surface area contributed by atoms with E-state index in [9.17, 15) is 9.90 Å². The number of carbonyl (C=O) groups excluding carboxylic acids is 1. The number of rotatable bonds is 8. The zero-order valence-electron chi connectivity index (χ0n) is 15.8. The molecule has 3 rings (SSSR count). The molecule has 1 atom stereocenters. The molecule has 0 aliphatic rings. The molecule has 0 saturated heterocycles. The van der Waals surface area contributed by atoms with Crippen LogP contribution in [0.4, 0.5) is 0 Å². The van der Waals surface area contributed by atoms with Crippen LogP contribution in [0.1, 0.15) is 17.2 Å². The first-order valence-electron chi connectivity index (χ1n) is 8.86. The maximum Gasteiger partial charge on any atom is 0.224 e. The summed E-state index contributed by atoms with van der Waals surface area (Å²) in [6.07, 6.45) is 2.95. The predicted octanol–water partition coefficient (Wildman–Crippen LogP) is 2.28. The van der Waals surface area contributed by atoms with Crippen molar-refractivity contribution in [1.82, 2.24) is 15.1 Å². The summed E-state index contributed by atoms with van der Waals surface area (Å²) in [7, 11) is 3.11. The maximum absolute atomic E-state index is 12.2. The molecule has 0 aliphatic carbocycles. The van der Waals surface area contributed by atoms with Crippen molar-refractivity contribution >= 4 is 5.91 Å². The van der Waals surface area contributed by atoms with Crippen molar-refractivity contribution in [3.8, 4) is 17.2 Å². The van der Waals surface area contributed by atoms with Gasteiger partial charge in [0.2, 0.25) is 5.91 Å². The van der Waals surface area contributed by atoms with Crippen molar-refractivity contribution in [2.24, 2.45) is 0 Å². The van der Waals surface area contributed by atoms with Crippen LogP contribution in [-0.4, -0.2) is 41.6 Å². The summed E-state index contributed by atoms with van der Waals surface area (Å²) in [6, 6.07) is 14.6. The number of benzene rings is 2. The number of methoxy groups -OCH3 is 2. The number of ether oxygens (including phenoxy) is 2. The maximum atomic E-state index is 12.2. The van der Waals surface area contributed by atoms with Gasteiger partial charge in [-0.3, -0.25) is 4.79 Å². The molecule has 0 radical (unpaired) electrons. The minimum absolute atomic E-state index is 0.132. The summed E-state index contributed by atoms with van der Waals surface area (Å²) in [5, 5.41) is 17.3. The zero-order chi connectivity index (χ0) is 19.9. The number of amides is 1. The fourth-order valence-corrected chi connectivity index (χ4v) is 2.84. The number of aliphatic hydroxyl groups excluding tert-OH is 1. The number of hydrogen-bond donors (Lipinski definition) is 2. The number of nitrogens with zero attached hydrogens (tertiary/aromatic N) is 2. The van der Waals surface area contributed by atoms with Crippen molar-refractivity contribution in [3.05, 3.63) is 72.1 Å². The second-order valence-electron chi connectivity index (χ2n) is 6.23. The van der Waals surface area contributed by atoms with Crippen molar-refractivity contribution in [2.45, 2.75) is 12.5 Å². The van der Waals surface area contributed by atoms with Gasteiger partial charge in [0.05, 0.1) is 32.4 Å². The lowest BCUT2D eigenvalue weighted by molar-refractivity contribution is -0.120. The molecule has 7 nitrogen and oxygen atoms in total. The second-order valence-corrected chi connectivity index (χ2v) is 6.23. The van der Waals surface area contributed by atoms with E-state index in [0.717, 1.165) is 16.8 Å². The Morgan fingerprint density at radius 3 is 2.54 bits per heavy atom. The molecule has 2 N–H and O–H groups in total. The Bertz CT molecular complexity index is 908. The Balaban J connectivity index is 1.54. The highest BCUT2D eigenvalue weighted by atomic mass is 16.5. The zero-order valence-corrected chi connectivity index (χ0v) is 15.8. The van der Waals surface area contributed by atoms with E-state index in [-0.39, 0.29) is 18.9 Å². The Labute approximate surface area is 163 Å². The minimum atomic E-state index is -0.791. The van der Waals surface area contributed by atoms with Gasteiger partial charge in [-0.15, -0.1) is 0 Å². The monoisotopic (exact) mass is 381 g/mol. The third kappa shape index (κ3) is 4.69. The average Bonchev–Trinajstić information content (AvgIpc) is 3.27. The number of carbonyl (C=O) groups is 1. The lowest BCUT2D eigenvalue weighted by Gasteiger charge is -2.14. The number of nitrogens with one attached hydrogen (secondary N) is 1. The Hall–Kier alpha value is -3.32. The van der Waals surface area contributed by atoms with Crippen LogP contribution in [0, 0.1) is 0 Å². The van der Waals surface area contributed by atoms with E-state index in [0.29, 0.717) is 11.5 Å². The van der Waals surface area contributed by atoms with E-state index in [4.69, 9.17) is 9.47 Å². The first-order valence-corrected chi connectivity index (χ1v) is 8.86. The molecule has 146 valence electrons. The number of aromatic nitrogens is 2. The lowest BCUT2D eigenvalue weighted by atomic mass is 10.1. The quantitative estimate of drug-likeness (QED) is 0.625. The highest BCUT2D eigenvalue weighted by Crippen LogP contribution is 2.27. The normalized spacial score (nSPS) is 11.7. The van der Waals surface area contributed by atoms with Crippen LogP contribution in [0.3, 0.4) is 0 Å². The Morgan fingerprint density at radius 2 is 1.89 bits per heavy atom. The molecule has 2 aromatic carbocycles. The molecule has 0 bridgehead atoms. The van der Waals surface area contributed by atoms with Gasteiger partial charge in [-0.05, 0) is 41.5 Å². The molecule has 0 fully saturated rings. The van der Waals surface area contributed by atoms with Crippen molar-refractivity contribution in [1.29, 1.82) is 0 Å². The van der Waals surface area contributed by atoms with Gasteiger partial charge in [0.25, 0.3) is 0 Å². The molecule has 1 amide bonds. The standard InChI is InChI=1S/C21H23N3O4/c1-27-19-9-4-15(12-20(19)28-2)13-21(26)22-14-18(25)16-5-7-17(8-6-16)24-11-3-10-23-24/h3-12,18,25H,13-14H2,1-2H3,(H,22,26). The van der Waals surface area contributed by atoms with E-state index >= 15 is 0 Å². The SMILES string of the molecule is COc1ccc(CC(=O)NCC(O)c2ccc(-n3cccn3)cc2)cc1OC. The van der Waals surface area contributed by atoms with Crippen LogP contribution in [0.15, 0.2) is 60.9 Å². The second kappa shape index (κ2) is 9.05. The molecule has 28 heavy (non-hydrogen) atoms. The van der Waals surface area contributed by atoms with Crippen LogP contribution in [0.25, 0.3) is 5.69 Å². The molecule has 1 aromatic heterocycles. The van der Waals surface area contributed by atoms with Gasteiger partial charge in [0, 0.05) is 18.9 Å². The summed E-state index contributed by atoms with van der Waals surface area (Å²) in [4.78, 5) is 12.2. The van der Waals surface area contributed by atoms with E-state index in [1.54, 1.807) is 37.2 Å². The molecule has 0 aliphatic heterocycles. The molecule has 1 unspecified atom stereocenters. The average molecular weight is 381 g/mol. The topological polar surface area (TPSA) is 85.6 Å². The number of hydrogen-bond acceptors (Lipinski definition) is 5. The minimum Gasteiger partial charge on any atom is -0.493 e. The van der Waals surface area contributed by atoms with Gasteiger partial charge in [0.15, 0.2) is 11.5 Å². The Kier molecular flexibility index (Phi) is 6.29. The van der Waals surface area contributed by atoms with Gasteiger partial charge >= 0.3 is 0 Å². The molecule has 1 heterocycles. The summed E-state index contributed by atoms with van der Waals surface area (Å²) in [6.45, 7) is 0.132. The third-order valence-corrected chi connectivity index (χ3v) is 4.35. The molecule has 7 heteroatoms. The van der Waals surface area contributed by atoms with Crippen LogP contribution >= 0.6 is 0 Å². The van der Waals surface area contributed by atoms with E-state index < -0.39 is 6.10 Å². The Morgan fingerprint density at radius 1 is 1.14 bits per heavy atom. The van der Waals surface area contributed by atoms with Gasteiger partial charge in [-0.2, -0.15) is 5.10 Å². The molecule has 0 spiro atoms. The van der Waals surface area contributed by atoms with Crippen LogP contribution in [-0.2, 0) is 11.2 Å². The molecule has 0 saturated carbocycles. The fourth-order valence-electron chi connectivity index (χ4n) is 2.84. The van der Waals surface area contributed by atoms with Gasteiger partial charge < -0.3 is 19.9 Å². The van der Waals surface area contributed by atoms with Crippen LogP contribution in [0.5, 0.6) is 11.5 Å². The highest BCUT2D eigenvalue weighted by molar-refractivity contribution is 5.78. The molecular weight excluding hydrogens is 358 g/mol. The highest BCUT2D eigenvalue weighted by Gasteiger charge is 2.12. The third-order valence-electron chi connectivity index (χ3n) is 4.35. The van der Waals surface area contributed by atoms with E-state index in [1.165, 1.54) is 0 Å². The summed E-state index contributed by atoms with van der Waals surface area (Å²) in [5.74, 6) is 1.00. The first kappa shape index (κ1) is 19.4. The summed E-state index contributed by atoms with van der Waals surface area (Å²) < 4.78 is 12.2. The molecular formula is C21H23N3O4. The van der Waals surface area contributed by atoms with Crippen LogP contribution in [0.2, 0.25) is 0 Å². The molecule has 3 aromatic rings. The van der Waals surface area contributed by atoms with Crippen molar-refractivity contribution in [2.75, 3.05) is 20.8 Å². The van der Waals surface area contributed by atoms with Crippen LogP contribution < -0.4 is 14.8 Å². The summed E-state index contributed by atoms with van der Waals surface area (Å²) >= 11 is 0.